The summed E-state index contributed by atoms with van der Waals surface area (Å²) in [5.74, 6) is -0.257. The van der Waals surface area contributed by atoms with Gasteiger partial charge in [-0.15, -0.1) is 0 Å². The number of hydrogen-bond acceptors (Lipinski definition) is 7. The number of nitrogens with zero attached hydrogens (tertiary/aromatic N) is 2. The largest absolute Gasteiger partial charge is 0.507 e. The number of ketones is 1. The van der Waals surface area contributed by atoms with E-state index in [2.05, 4.69) is 4.98 Å². The van der Waals surface area contributed by atoms with Gasteiger partial charge in [0.15, 0.2) is 11.5 Å². The summed E-state index contributed by atoms with van der Waals surface area (Å²) in [5.41, 5.74) is 1.37. The SMILES string of the molecule is CCOc1cccc(/C(O)=C2\C(=O)C(=O)N(c3ccc4c(c3)OCO4)C2c2cccnc2)c1. The fraction of sp³-hybridized carbons (Fsp3) is 0.160. The van der Waals surface area contributed by atoms with Crippen molar-refractivity contribution in [1.29, 1.82) is 0 Å². The fourth-order valence-corrected chi connectivity index (χ4v) is 4.04. The number of pyridine rings is 1. The Hall–Kier alpha value is -4.33. The molecule has 2 aliphatic rings. The normalized spacial score (nSPS) is 18.6. The molecule has 2 aliphatic heterocycles. The topological polar surface area (TPSA) is 98.2 Å². The van der Waals surface area contributed by atoms with Crippen molar-refractivity contribution in [2.24, 2.45) is 0 Å². The zero-order valence-electron chi connectivity index (χ0n) is 17.7. The highest BCUT2D eigenvalue weighted by molar-refractivity contribution is 6.51. The van der Waals surface area contributed by atoms with E-state index in [0.717, 1.165) is 0 Å². The van der Waals surface area contributed by atoms with Gasteiger partial charge in [0.2, 0.25) is 6.79 Å². The monoisotopic (exact) mass is 444 g/mol. The standard InChI is InChI=1S/C25H20N2O6/c1-2-31-18-7-3-5-15(11-18)23(28)21-22(16-6-4-10-26-13-16)27(25(30)24(21)29)17-8-9-19-20(12-17)33-14-32-19/h3-13,22,28H,2,14H2,1H3/b23-21+. The molecule has 1 saturated heterocycles. The lowest BCUT2D eigenvalue weighted by Gasteiger charge is -2.25. The van der Waals surface area contributed by atoms with E-state index >= 15 is 0 Å². The summed E-state index contributed by atoms with van der Waals surface area (Å²) in [4.78, 5) is 31.9. The number of amides is 1. The molecular weight excluding hydrogens is 424 g/mol. The number of rotatable bonds is 5. The lowest BCUT2D eigenvalue weighted by atomic mass is 9.96. The Morgan fingerprint density at radius 2 is 1.97 bits per heavy atom. The van der Waals surface area contributed by atoms with Crippen LogP contribution in [0.25, 0.3) is 5.76 Å². The van der Waals surface area contributed by atoms with Gasteiger partial charge in [-0.25, -0.2) is 0 Å². The Morgan fingerprint density at radius 1 is 1.12 bits per heavy atom. The molecule has 0 radical (unpaired) electrons. The van der Waals surface area contributed by atoms with Gasteiger partial charge >= 0.3 is 0 Å². The zero-order chi connectivity index (χ0) is 22.9. The molecule has 0 bridgehead atoms. The molecular formula is C25H20N2O6. The number of anilines is 1. The minimum atomic E-state index is -0.880. The van der Waals surface area contributed by atoms with Crippen LogP contribution in [0.15, 0.2) is 72.6 Å². The first kappa shape index (κ1) is 20.6. The molecule has 166 valence electrons. The van der Waals surface area contributed by atoms with Gasteiger partial charge in [0, 0.05) is 29.7 Å². The van der Waals surface area contributed by atoms with Crippen LogP contribution in [-0.2, 0) is 9.59 Å². The third-order valence-electron chi connectivity index (χ3n) is 5.50. The summed E-state index contributed by atoms with van der Waals surface area (Å²) in [5, 5.41) is 11.2. The molecule has 3 heterocycles. The van der Waals surface area contributed by atoms with Crippen LogP contribution in [0, 0.1) is 0 Å². The van der Waals surface area contributed by atoms with E-state index in [-0.39, 0.29) is 18.1 Å². The lowest BCUT2D eigenvalue weighted by molar-refractivity contribution is -0.132. The Bertz CT molecular complexity index is 1270. The first-order valence-corrected chi connectivity index (χ1v) is 10.4. The third kappa shape index (κ3) is 3.55. The number of carbonyl (C=O) groups excluding carboxylic acids is 2. The van der Waals surface area contributed by atoms with Crippen molar-refractivity contribution in [1.82, 2.24) is 4.98 Å². The van der Waals surface area contributed by atoms with Gasteiger partial charge in [-0.1, -0.05) is 18.2 Å². The molecule has 2 aromatic carbocycles. The minimum Gasteiger partial charge on any atom is -0.507 e. The van der Waals surface area contributed by atoms with Crippen LogP contribution in [0.2, 0.25) is 0 Å². The molecule has 1 aromatic heterocycles. The first-order valence-electron chi connectivity index (χ1n) is 10.4. The van der Waals surface area contributed by atoms with E-state index in [1.807, 2.05) is 6.92 Å². The van der Waals surface area contributed by atoms with Gasteiger partial charge in [0.1, 0.15) is 11.5 Å². The molecule has 1 atom stereocenters. The summed E-state index contributed by atoms with van der Waals surface area (Å²) in [7, 11) is 0. The number of fused-ring (bicyclic) bond motifs is 1. The molecule has 8 nitrogen and oxygen atoms in total. The highest BCUT2D eigenvalue weighted by Crippen LogP contribution is 2.44. The van der Waals surface area contributed by atoms with Crippen molar-refractivity contribution >= 4 is 23.1 Å². The van der Waals surface area contributed by atoms with Crippen molar-refractivity contribution in [3.8, 4) is 17.2 Å². The van der Waals surface area contributed by atoms with Gasteiger partial charge in [-0.3, -0.25) is 19.5 Å². The number of aliphatic hydroxyl groups is 1. The van der Waals surface area contributed by atoms with E-state index in [9.17, 15) is 14.7 Å². The molecule has 1 fully saturated rings. The smallest absolute Gasteiger partial charge is 0.300 e. The molecule has 0 spiro atoms. The maximum atomic E-state index is 13.2. The highest BCUT2D eigenvalue weighted by atomic mass is 16.7. The van der Waals surface area contributed by atoms with Gasteiger partial charge in [0.05, 0.1) is 18.2 Å². The number of carbonyl (C=O) groups is 2. The number of Topliss-reactive ketones (excluding diaryl/α,β-unsaturated/α-hetero) is 1. The summed E-state index contributed by atoms with van der Waals surface area (Å²) in [6.45, 7) is 2.39. The first-order chi connectivity index (χ1) is 16.1. The Labute approximate surface area is 189 Å². The molecule has 8 heteroatoms. The van der Waals surface area contributed by atoms with Crippen LogP contribution < -0.4 is 19.1 Å². The maximum absolute atomic E-state index is 13.2. The number of aromatic nitrogens is 1. The quantitative estimate of drug-likeness (QED) is 0.363. The Balaban J connectivity index is 1.67. The maximum Gasteiger partial charge on any atom is 0.300 e. The summed E-state index contributed by atoms with van der Waals surface area (Å²) >= 11 is 0. The lowest BCUT2D eigenvalue weighted by Crippen LogP contribution is -2.29. The molecule has 33 heavy (non-hydrogen) atoms. The predicted molar refractivity (Wildman–Crippen MR) is 119 cm³/mol. The minimum absolute atomic E-state index is 0.0284. The fourth-order valence-electron chi connectivity index (χ4n) is 4.04. The van der Waals surface area contributed by atoms with Crippen LogP contribution in [0.3, 0.4) is 0 Å². The van der Waals surface area contributed by atoms with Crippen LogP contribution >= 0.6 is 0 Å². The van der Waals surface area contributed by atoms with Crippen molar-refractivity contribution in [2.45, 2.75) is 13.0 Å². The molecule has 1 N–H and O–H groups in total. The molecule has 1 unspecified atom stereocenters. The number of benzene rings is 2. The van der Waals surface area contributed by atoms with Crippen molar-refractivity contribution in [2.75, 3.05) is 18.3 Å². The summed E-state index contributed by atoms with van der Waals surface area (Å²) in [6, 6.07) is 14.4. The van der Waals surface area contributed by atoms with Gasteiger partial charge in [0.25, 0.3) is 11.7 Å². The summed E-state index contributed by atoms with van der Waals surface area (Å²) in [6.07, 6.45) is 3.17. The predicted octanol–water partition coefficient (Wildman–Crippen LogP) is 3.84. The zero-order valence-corrected chi connectivity index (χ0v) is 17.7. The second kappa shape index (κ2) is 8.31. The van der Waals surface area contributed by atoms with E-state index in [4.69, 9.17) is 14.2 Å². The van der Waals surface area contributed by atoms with Crippen molar-refractivity contribution in [3.05, 3.63) is 83.7 Å². The van der Waals surface area contributed by atoms with Gasteiger partial charge in [-0.2, -0.15) is 0 Å². The molecule has 3 aromatic rings. The van der Waals surface area contributed by atoms with Crippen LogP contribution in [0.1, 0.15) is 24.1 Å². The average Bonchev–Trinajstić information content (AvgIpc) is 3.41. The average molecular weight is 444 g/mol. The molecule has 0 saturated carbocycles. The second-order valence-corrected chi connectivity index (χ2v) is 7.45. The van der Waals surface area contributed by atoms with Crippen LogP contribution in [0.4, 0.5) is 5.69 Å². The molecule has 0 aliphatic carbocycles. The number of ether oxygens (including phenoxy) is 3. The Kier molecular flexibility index (Phi) is 5.18. The second-order valence-electron chi connectivity index (χ2n) is 7.45. The number of aliphatic hydroxyl groups excluding tert-OH is 1. The van der Waals surface area contributed by atoms with Gasteiger partial charge < -0.3 is 19.3 Å². The van der Waals surface area contributed by atoms with E-state index in [1.54, 1.807) is 67.0 Å². The highest BCUT2D eigenvalue weighted by Gasteiger charge is 2.47. The van der Waals surface area contributed by atoms with E-state index < -0.39 is 17.7 Å². The molecule has 5 rings (SSSR count). The van der Waals surface area contributed by atoms with Crippen LogP contribution in [-0.4, -0.2) is 35.2 Å². The van der Waals surface area contributed by atoms with Crippen molar-refractivity contribution in [3.63, 3.8) is 0 Å². The molecule has 1 amide bonds. The van der Waals surface area contributed by atoms with Gasteiger partial charge in [-0.05, 0) is 42.8 Å². The number of hydrogen-bond donors (Lipinski definition) is 1. The third-order valence-corrected chi connectivity index (χ3v) is 5.50. The van der Waals surface area contributed by atoms with Crippen molar-refractivity contribution < 1.29 is 28.9 Å². The van der Waals surface area contributed by atoms with E-state index in [0.29, 0.717) is 40.7 Å². The van der Waals surface area contributed by atoms with E-state index in [1.165, 1.54) is 4.90 Å². The summed E-state index contributed by atoms with van der Waals surface area (Å²) < 4.78 is 16.3. The Morgan fingerprint density at radius 3 is 2.76 bits per heavy atom. The van der Waals surface area contributed by atoms with Crippen LogP contribution in [0.5, 0.6) is 17.2 Å².